The Labute approximate surface area is 180 Å². The molecule has 28 heavy (non-hydrogen) atoms. The standard InChI is InChI=1S/C18H24N4O3S.2ClH/c1-11-13(5-7-25-11)16(24)21-17-20-12(9-26-17)8-15(23)22-6-4-14(19)18(2,3)10-22;;/h5,7,9,14H,4,6,8,10,19H2,1-3H3,(H,20,21,24);2*1H. The maximum atomic E-state index is 12.6. The van der Waals surface area contributed by atoms with Crippen LogP contribution < -0.4 is 11.1 Å². The first-order valence-electron chi connectivity index (χ1n) is 8.59. The van der Waals surface area contributed by atoms with Crippen molar-refractivity contribution >= 4 is 53.1 Å². The number of anilines is 1. The zero-order valence-corrected chi connectivity index (χ0v) is 18.5. The number of hydrogen-bond acceptors (Lipinski definition) is 6. The summed E-state index contributed by atoms with van der Waals surface area (Å²) >= 11 is 1.31. The summed E-state index contributed by atoms with van der Waals surface area (Å²) in [5.41, 5.74) is 7.18. The van der Waals surface area contributed by atoms with Crippen molar-refractivity contribution in [2.75, 3.05) is 18.4 Å². The number of nitrogens with two attached hydrogens (primary N) is 1. The molecule has 1 aliphatic heterocycles. The second-order valence-electron chi connectivity index (χ2n) is 7.36. The molecule has 2 aromatic heterocycles. The van der Waals surface area contributed by atoms with Crippen LogP contribution in [0.1, 0.15) is 42.1 Å². The van der Waals surface area contributed by atoms with Crippen LogP contribution in [0.15, 0.2) is 22.1 Å². The lowest BCUT2D eigenvalue weighted by atomic mass is 9.79. The van der Waals surface area contributed by atoms with Crippen LogP contribution in [0.2, 0.25) is 0 Å². The lowest BCUT2D eigenvalue weighted by Crippen LogP contribution is -2.54. The van der Waals surface area contributed by atoms with Crippen molar-refractivity contribution in [3.63, 3.8) is 0 Å². The molecule has 2 aromatic rings. The van der Waals surface area contributed by atoms with E-state index < -0.39 is 0 Å². The summed E-state index contributed by atoms with van der Waals surface area (Å²) in [6.07, 6.45) is 2.51. The predicted octanol–water partition coefficient (Wildman–Crippen LogP) is 3.27. The van der Waals surface area contributed by atoms with E-state index in [1.807, 2.05) is 4.90 Å². The summed E-state index contributed by atoms with van der Waals surface area (Å²) in [6, 6.07) is 1.73. The molecule has 156 valence electrons. The first-order chi connectivity index (χ1) is 12.3. The van der Waals surface area contributed by atoms with E-state index in [1.165, 1.54) is 17.6 Å². The van der Waals surface area contributed by atoms with Crippen molar-refractivity contribution in [2.24, 2.45) is 11.1 Å². The van der Waals surface area contributed by atoms with E-state index in [2.05, 4.69) is 24.1 Å². The monoisotopic (exact) mass is 448 g/mol. The molecule has 10 heteroatoms. The summed E-state index contributed by atoms with van der Waals surface area (Å²) in [5, 5.41) is 5.02. The van der Waals surface area contributed by atoms with E-state index in [4.69, 9.17) is 10.2 Å². The van der Waals surface area contributed by atoms with E-state index in [0.717, 1.165) is 6.42 Å². The van der Waals surface area contributed by atoms with Crippen LogP contribution in [0.5, 0.6) is 0 Å². The number of nitrogens with zero attached hydrogens (tertiary/aromatic N) is 2. The number of rotatable bonds is 4. The quantitative estimate of drug-likeness (QED) is 0.746. The Morgan fingerprint density at radius 2 is 2.14 bits per heavy atom. The zero-order valence-electron chi connectivity index (χ0n) is 16.1. The largest absolute Gasteiger partial charge is 0.469 e. The van der Waals surface area contributed by atoms with Crippen molar-refractivity contribution in [1.82, 2.24) is 9.88 Å². The van der Waals surface area contributed by atoms with Crippen LogP contribution in [0.25, 0.3) is 0 Å². The minimum Gasteiger partial charge on any atom is -0.469 e. The highest BCUT2D eigenvalue weighted by atomic mass is 35.5. The molecule has 1 saturated heterocycles. The van der Waals surface area contributed by atoms with Crippen LogP contribution in [-0.4, -0.2) is 40.8 Å². The van der Waals surface area contributed by atoms with Gasteiger partial charge in [0.25, 0.3) is 5.91 Å². The van der Waals surface area contributed by atoms with Gasteiger partial charge in [-0.1, -0.05) is 13.8 Å². The Bertz CT molecular complexity index is 821. The Kier molecular flexibility index (Phi) is 8.49. The Balaban J connectivity index is 0.00000196. The lowest BCUT2D eigenvalue weighted by molar-refractivity contribution is -0.133. The Hall–Kier alpha value is -1.61. The molecule has 3 heterocycles. The summed E-state index contributed by atoms with van der Waals surface area (Å²) in [5.74, 6) is 0.328. The molecule has 0 aliphatic carbocycles. The third-order valence-corrected chi connectivity index (χ3v) is 5.68. The van der Waals surface area contributed by atoms with E-state index in [9.17, 15) is 9.59 Å². The summed E-state index contributed by atoms with van der Waals surface area (Å²) in [6.45, 7) is 7.24. The molecule has 1 aliphatic rings. The maximum Gasteiger partial charge on any atom is 0.260 e. The van der Waals surface area contributed by atoms with Gasteiger partial charge in [-0.05, 0) is 24.8 Å². The third-order valence-electron chi connectivity index (χ3n) is 4.87. The number of thiazole rings is 1. The second-order valence-corrected chi connectivity index (χ2v) is 8.22. The molecule has 1 fully saturated rings. The summed E-state index contributed by atoms with van der Waals surface area (Å²) in [7, 11) is 0. The highest BCUT2D eigenvalue weighted by Crippen LogP contribution is 2.28. The molecule has 0 bridgehead atoms. The fourth-order valence-electron chi connectivity index (χ4n) is 3.08. The summed E-state index contributed by atoms with van der Waals surface area (Å²) in [4.78, 5) is 31.0. The number of halogens is 2. The van der Waals surface area contributed by atoms with Crippen LogP contribution in [-0.2, 0) is 11.2 Å². The zero-order chi connectivity index (χ0) is 18.9. The van der Waals surface area contributed by atoms with Crippen molar-refractivity contribution < 1.29 is 14.0 Å². The fourth-order valence-corrected chi connectivity index (χ4v) is 3.79. The lowest BCUT2D eigenvalue weighted by Gasteiger charge is -2.42. The number of carbonyl (C=O) groups excluding carboxylic acids is 2. The Morgan fingerprint density at radius 3 is 2.75 bits per heavy atom. The molecule has 0 aromatic carbocycles. The number of likely N-dealkylation sites (tertiary alicyclic amines) is 1. The number of nitrogens with one attached hydrogen (secondary N) is 1. The molecule has 0 saturated carbocycles. The third kappa shape index (κ3) is 5.47. The van der Waals surface area contributed by atoms with Crippen LogP contribution in [0.4, 0.5) is 5.13 Å². The predicted molar refractivity (Wildman–Crippen MR) is 115 cm³/mol. The molecular weight excluding hydrogens is 423 g/mol. The van der Waals surface area contributed by atoms with Gasteiger partial charge < -0.3 is 15.1 Å². The number of hydrogen-bond donors (Lipinski definition) is 2. The van der Waals surface area contributed by atoms with E-state index in [0.29, 0.717) is 35.2 Å². The first-order valence-corrected chi connectivity index (χ1v) is 9.47. The van der Waals surface area contributed by atoms with Gasteiger partial charge in [-0.3, -0.25) is 14.9 Å². The van der Waals surface area contributed by atoms with Gasteiger partial charge >= 0.3 is 0 Å². The SMILES string of the molecule is Cc1occc1C(=O)Nc1nc(CC(=O)N2CCC(N)C(C)(C)C2)cs1.Cl.Cl. The van der Waals surface area contributed by atoms with Gasteiger partial charge in [0.2, 0.25) is 5.91 Å². The molecule has 1 unspecified atom stereocenters. The highest BCUT2D eigenvalue weighted by molar-refractivity contribution is 7.14. The molecule has 0 spiro atoms. The van der Waals surface area contributed by atoms with Gasteiger partial charge in [0.15, 0.2) is 5.13 Å². The average molecular weight is 449 g/mol. The number of aryl methyl sites for hydroxylation is 1. The van der Waals surface area contributed by atoms with Crippen molar-refractivity contribution in [1.29, 1.82) is 0 Å². The van der Waals surface area contributed by atoms with Gasteiger partial charge in [0.05, 0.1) is 23.9 Å². The molecule has 0 radical (unpaired) electrons. The molecule has 7 nitrogen and oxygen atoms in total. The normalized spacial score (nSPS) is 18.0. The number of furan rings is 1. The van der Waals surface area contributed by atoms with Crippen LogP contribution >= 0.6 is 36.2 Å². The average Bonchev–Trinajstić information content (AvgIpc) is 3.18. The smallest absolute Gasteiger partial charge is 0.260 e. The molecule has 2 amide bonds. The van der Waals surface area contributed by atoms with E-state index in [-0.39, 0.29) is 54.5 Å². The van der Waals surface area contributed by atoms with Crippen LogP contribution in [0, 0.1) is 12.3 Å². The molecule has 3 rings (SSSR count). The second kappa shape index (κ2) is 9.73. The topological polar surface area (TPSA) is 101 Å². The number of aromatic nitrogens is 1. The fraction of sp³-hybridized carbons (Fsp3) is 0.500. The van der Waals surface area contributed by atoms with Crippen molar-refractivity contribution in [2.45, 2.75) is 39.7 Å². The molecular formula is C18H26Cl2N4O3S. The van der Waals surface area contributed by atoms with Crippen molar-refractivity contribution in [3.05, 3.63) is 34.7 Å². The minimum atomic E-state index is -0.268. The number of piperidine rings is 1. The number of amides is 2. The number of carbonyl (C=O) groups is 2. The Morgan fingerprint density at radius 1 is 1.43 bits per heavy atom. The van der Waals surface area contributed by atoms with Gasteiger partial charge in [0, 0.05) is 24.5 Å². The van der Waals surface area contributed by atoms with Gasteiger partial charge in [0.1, 0.15) is 5.76 Å². The van der Waals surface area contributed by atoms with Crippen LogP contribution in [0.3, 0.4) is 0 Å². The first kappa shape index (κ1) is 24.4. The van der Waals surface area contributed by atoms with Gasteiger partial charge in [-0.25, -0.2) is 4.98 Å². The molecule has 1 atom stereocenters. The highest BCUT2D eigenvalue weighted by Gasteiger charge is 2.35. The van der Waals surface area contributed by atoms with Gasteiger partial charge in [-0.15, -0.1) is 36.2 Å². The van der Waals surface area contributed by atoms with E-state index >= 15 is 0 Å². The van der Waals surface area contributed by atoms with Gasteiger partial charge in [-0.2, -0.15) is 0 Å². The van der Waals surface area contributed by atoms with Crippen molar-refractivity contribution in [3.8, 4) is 0 Å². The summed E-state index contributed by atoms with van der Waals surface area (Å²) < 4.78 is 5.14. The minimum absolute atomic E-state index is 0. The maximum absolute atomic E-state index is 12.6. The van der Waals surface area contributed by atoms with E-state index in [1.54, 1.807) is 18.4 Å². The molecule has 3 N–H and O–H groups in total.